The van der Waals surface area contributed by atoms with Crippen molar-refractivity contribution in [3.8, 4) is 5.75 Å². The van der Waals surface area contributed by atoms with Gasteiger partial charge < -0.3 is 9.47 Å². The lowest BCUT2D eigenvalue weighted by Gasteiger charge is -2.24. The summed E-state index contributed by atoms with van der Waals surface area (Å²) in [6.45, 7) is 0. The Morgan fingerprint density at radius 1 is 0.731 bits per heavy atom. The molecule has 3 aromatic carbocycles. The number of hydrogen-bond acceptors (Lipinski definition) is 2. The molecule has 0 spiro atoms. The first-order valence-corrected chi connectivity index (χ1v) is 8.68. The van der Waals surface area contributed by atoms with Crippen LogP contribution < -0.4 is 4.74 Å². The fourth-order valence-corrected chi connectivity index (χ4v) is 3.08. The van der Waals surface area contributed by atoms with Gasteiger partial charge in [-0.15, -0.1) is 0 Å². The number of benzene rings is 3. The number of ether oxygens (including phenoxy) is 2. The van der Waals surface area contributed by atoms with Crippen LogP contribution in [0.3, 0.4) is 0 Å². The number of hydrogen-bond donors (Lipinski definition) is 0. The number of rotatable bonds is 4. The second-order valence-electron chi connectivity index (χ2n) is 6.17. The first-order chi connectivity index (χ1) is 12.8. The molecular formula is C24H20O2. The van der Waals surface area contributed by atoms with E-state index in [2.05, 4.69) is 48.6 Å². The third kappa shape index (κ3) is 3.40. The third-order valence-corrected chi connectivity index (χ3v) is 4.48. The second-order valence-corrected chi connectivity index (χ2v) is 6.17. The minimum Gasteiger partial charge on any atom is -0.497 e. The molecule has 26 heavy (non-hydrogen) atoms. The summed E-state index contributed by atoms with van der Waals surface area (Å²) in [5.41, 5.74) is 4.52. The molecule has 3 aromatic rings. The van der Waals surface area contributed by atoms with Gasteiger partial charge >= 0.3 is 0 Å². The van der Waals surface area contributed by atoms with E-state index in [1.54, 1.807) is 7.11 Å². The van der Waals surface area contributed by atoms with Crippen molar-refractivity contribution in [2.24, 2.45) is 0 Å². The Bertz CT molecular complexity index is 923. The molecule has 2 heteroatoms. The smallest absolute Gasteiger partial charge is 0.143 e. The lowest BCUT2D eigenvalue weighted by atomic mass is 9.96. The van der Waals surface area contributed by atoms with E-state index in [4.69, 9.17) is 9.47 Å². The zero-order valence-electron chi connectivity index (χ0n) is 14.6. The molecule has 0 fully saturated rings. The fourth-order valence-electron chi connectivity index (χ4n) is 3.08. The molecular weight excluding hydrogens is 320 g/mol. The van der Waals surface area contributed by atoms with Crippen LogP contribution in [-0.4, -0.2) is 7.11 Å². The predicted molar refractivity (Wildman–Crippen MR) is 106 cm³/mol. The molecule has 1 heterocycles. The Hall–Kier alpha value is -3.26. The maximum Gasteiger partial charge on any atom is 0.143 e. The molecule has 1 aliphatic heterocycles. The van der Waals surface area contributed by atoms with Crippen molar-refractivity contribution in [1.29, 1.82) is 0 Å². The van der Waals surface area contributed by atoms with E-state index >= 15 is 0 Å². The molecule has 128 valence electrons. The van der Waals surface area contributed by atoms with Crippen LogP contribution in [-0.2, 0) is 4.74 Å². The average Bonchev–Trinajstić information content (AvgIpc) is 2.75. The molecule has 2 nitrogen and oxygen atoms in total. The van der Waals surface area contributed by atoms with Crippen molar-refractivity contribution in [3.63, 3.8) is 0 Å². The first-order valence-electron chi connectivity index (χ1n) is 8.68. The molecule has 0 N–H and O–H groups in total. The highest BCUT2D eigenvalue weighted by atomic mass is 16.5. The Morgan fingerprint density at radius 2 is 1.38 bits per heavy atom. The van der Waals surface area contributed by atoms with Crippen molar-refractivity contribution in [2.75, 3.05) is 7.11 Å². The molecule has 0 amide bonds. The van der Waals surface area contributed by atoms with E-state index in [-0.39, 0.29) is 6.10 Å². The van der Waals surface area contributed by atoms with Crippen LogP contribution in [0.1, 0.15) is 22.8 Å². The minimum atomic E-state index is -0.117. The van der Waals surface area contributed by atoms with Gasteiger partial charge in [0.25, 0.3) is 0 Å². The molecule has 0 saturated carbocycles. The quantitative estimate of drug-likeness (QED) is 0.589. The van der Waals surface area contributed by atoms with Crippen LogP contribution in [0.2, 0.25) is 0 Å². The van der Waals surface area contributed by atoms with E-state index in [0.29, 0.717) is 0 Å². The van der Waals surface area contributed by atoms with Gasteiger partial charge in [-0.05, 0) is 53.1 Å². The van der Waals surface area contributed by atoms with E-state index in [0.717, 1.165) is 28.2 Å². The van der Waals surface area contributed by atoms with Crippen LogP contribution in [0.5, 0.6) is 5.75 Å². The molecule has 0 radical (unpaired) electrons. The maximum absolute atomic E-state index is 6.33. The maximum atomic E-state index is 6.33. The molecule has 1 aliphatic rings. The minimum absolute atomic E-state index is 0.117. The molecule has 0 aromatic heterocycles. The Labute approximate surface area is 154 Å². The van der Waals surface area contributed by atoms with Gasteiger partial charge in [-0.3, -0.25) is 0 Å². The van der Waals surface area contributed by atoms with E-state index in [1.807, 2.05) is 48.5 Å². The Kier molecular flexibility index (Phi) is 4.57. The van der Waals surface area contributed by atoms with Crippen LogP contribution in [0.4, 0.5) is 0 Å². The molecule has 0 saturated heterocycles. The Morgan fingerprint density at radius 3 is 2.04 bits per heavy atom. The van der Waals surface area contributed by atoms with Crippen molar-refractivity contribution < 1.29 is 9.47 Å². The summed E-state index contributed by atoms with van der Waals surface area (Å²) < 4.78 is 11.6. The summed E-state index contributed by atoms with van der Waals surface area (Å²) >= 11 is 0. The summed E-state index contributed by atoms with van der Waals surface area (Å²) in [5, 5.41) is 0. The largest absolute Gasteiger partial charge is 0.497 e. The third-order valence-electron chi connectivity index (χ3n) is 4.48. The van der Waals surface area contributed by atoms with Crippen molar-refractivity contribution in [3.05, 3.63) is 114 Å². The van der Waals surface area contributed by atoms with E-state index < -0.39 is 0 Å². The topological polar surface area (TPSA) is 18.5 Å². The molecule has 4 rings (SSSR count). The lowest BCUT2D eigenvalue weighted by Crippen LogP contribution is -2.07. The highest BCUT2D eigenvalue weighted by Crippen LogP contribution is 2.36. The summed E-state index contributed by atoms with van der Waals surface area (Å²) in [7, 11) is 1.67. The first kappa shape index (κ1) is 16.2. The van der Waals surface area contributed by atoms with Gasteiger partial charge in [0.1, 0.15) is 17.6 Å². The van der Waals surface area contributed by atoms with Gasteiger partial charge in [0, 0.05) is 5.56 Å². The highest BCUT2D eigenvalue weighted by molar-refractivity contribution is 5.84. The van der Waals surface area contributed by atoms with Gasteiger partial charge in [-0.1, -0.05) is 60.7 Å². The van der Waals surface area contributed by atoms with Crippen molar-refractivity contribution in [2.45, 2.75) is 6.10 Å². The van der Waals surface area contributed by atoms with Gasteiger partial charge in [0.2, 0.25) is 0 Å². The Balaban J connectivity index is 1.75. The fraction of sp³-hybridized carbons (Fsp3) is 0.0833. The van der Waals surface area contributed by atoms with Crippen LogP contribution in [0, 0.1) is 0 Å². The normalized spacial score (nSPS) is 16.3. The summed E-state index contributed by atoms with van der Waals surface area (Å²) in [5.74, 6) is 1.70. The second kappa shape index (κ2) is 7.32. The van der Waals surface area contributed by atoms with Gasteiger partial charge in [-0.25, -0.2) is 0 Å². The summed E-state index contributed by atoms with van der Waals surface area (Å²) in [4.78, 5) is 0. The summed E-state index contributed by atoms with van der Waals surface area (Å²) in [6.07, 6.45) is 4.17. The van der Waals surface area contributed by atoms with E-state index in [9.17, 15) is 0 Å². The molecule has 0 aliphatic carbocycles. The molecule has 1 atom stereocenters. The summed E-state index contributed by atoms with van der Waals surface area (Å²) in [6, 6.07) is 28.7. The zero-order valence-corrected chi connectivity index (χ0v) is 14.6. The molecule has 0 bridgehead atoms. The molecule has 1 unspecified atom stereocenters. The highest BCUT2D eigenvalue weighted by Gasteiger charge is 2.20. The number of allylic oxidation sites excluding steroid dienone is 2. The predicted octanol–water partition coefficient (Wildman–Crippen LogP) is 5.89. The number of methoxy groups -OCH3 is 1. The van der Waals surface area contributed by atoms with Crippen molar-refractivity contribution >= 4 is 11.3 Å². The van der Waals surface area contributed by atoms with Crippen molar-refractivity contribution in [1.82, 2.24) is 0 Å². The SMILES string of the molecule is COc1ccc(C2=CC(c3ccccc3)=CC(c3ccccc3)O2)cc1. The van der Waals surface area contributed by atoms with Crippen LogP contribution in [0.15, 0.2) is 97.1 Å². The van der Waals surface area contributed by atoms with Gasteiger partial charge in [0.05, 0.1) is 7.11 Å². The standard InChI is InChI=1S/C24H20O2/c1-25-22-14-12-20(13-15-22)24-17-21(18-8-4-2-5-9-18)16-23(26-24)19-10-6-3-7-11-19/h2-17,23H,1H3. The van der Waals surface area contributed by atoms with Gasteiger partial charge in [-0.2, -0.15) is 0 Å². The average molecular weight is 340 g/mol. The van der Waals surface area contributed by atoms with E-state index in [1.165, 1.54) is 5.56 Å². The van der Waals surface area contributed by atoms with Crippen LogP contribution >= 0.6 is 0 Å². The van der Waals surface area contributed by atoms with Gasteiger partial charge in [0.15, 0.2) is 0 Å². The monoisotopic (exact) mass is 340 g/mol. The van der Waals surface area contributed by atoms with Crippen LogP contribution in [0.25, 0.3) is 11.3 Å². The zero-order chi connectivity index (χ0) is 17.8. The lowest BCUT2D eigenvalue weighted by molar-refractivity contribution is 0.213.